The Labute approximate surface area is 211 Å². The number of hydrazone groups is 1. The number of ether oxygens (including phenoxy) is 2. The second-order valence-electron chi connectivity index (χ2n) is 7.05. The summed E-state index contributed by atoms with van der Waals surface area (Å²) in [6, 6.07) is 16.3. The number of hydrogen-bond donors (Lipinski definition) is 1. The maximum Gasteiger partial charge on any atom is 0.250 e. The lowest BCUT2D eigenvalue weighted by atomic mass is 10.2. The van der Waals surface area contributed by atoms with E-state index in [-0.39, 0.29) is 11.7 Å². The largest absolute Gasteiger partial charge is 0.493 e. The number of nitrogens with zero attached hydrogens (tertiary/aromatic N) is 5. The lowest BCUT2D eigenvalue weighted by molar-refractivity contribution is -0.118. The van der Waals surface area contributed by atoms with Crippen molar-refractivity contribution in [3.05, 3.63) is 77.6 Å². The van der Waals surface area contributed by atoms with Gasteiger partial charge in [0.1, 0.15) is 0 Å². The van der Waals surface area contributed by atoms with E-state index in [1.807, 2.05) is 28.8 Å². The Morgan fingerprint density at radius 3 is 2.51 bits per heavy atom. The van der Waals surface area contributed by atoms with Crippen molar-refractivity contribution in [1.29, 1.82) is 0 Å². The standard InChI is InChI=1S/C24H21ClN6O3S/c1-33-20-8-3-16(13-21(20)34-2)14-27-28-22(32)15-35-24-30-29-23(17-9-11-26-12-10-17)31(24)19-6-4-18(25)5-7-19/h3-14H,15H2,1-2H3,(H,28,32)/b27-14+. The van der Waals surface area contributed by atoms with Crippen LogP contribution in [0.3, 0.4) is 0 Å². The minimum atomic E-state index is -0.289. The molecule has 1 amide bonds. The second-order valence-corrected chi connectivity index (χ2v) is 8.43. The summed E-state index contributed by atoms with van der Waals surface area (Å²) in [5.74, 6) is 1.61. The Bertz CT molecular complexity index is 1330. The Kier molecular flexibility index (Phi) is 7.96. The van der Waals surface area contributed by atoms with Crippen LogP contribution in [-0.4, -0.2) is 51.8 Å². The molecule has 0 saturated heterocycles. The van der Waals surface area contributed by atoms with E-state index in [0.29, 0.717) is 27.5 Å². The average Bonchev–Trinajstić information content (AvgIpc) is 3.32. The summed E-state index contributed by atoms with van der Waals surface area (Å²) >= 11 is 7.31. The van der Waals surface area contributed by atoms with E-state index in [2.05, 4.69) is 25.7 Å². The predicted molar refractivity (Wildman–Crippen MR) is 136 cm³/mol. The lowest BCUT2D eigenvalue weighted by Gasteiger charge is -2.10. The van der Waals surface area contributed by atoms with Crippen molar-refractivity contribution in [3.8, 4) is 28.6 Å². The molecule has 4 aromatic rings. The number of nitrogens with one attached hydrogen (secondary N) is 1. The zero-order valence-electron chi connectivity index (χ0n) is 18.9. The van der Waals surface area contributed by atoms with Crippen molar-refractivity contribution in [2.75, 3.05) is 20.0 Å². The van der Waals surface area contributed by atoms with Crippen molar-refractivity contribution in [2.24, 2.45) is 5.10 Å². The zero-order chi connectivity index (χ0) is 24.6. The van der Waals surface area contributed by atoms with Crippen LogP contribution in [-0.2, 0) is 4.79 Å². The summed E-state index contributed by atoms with van der Waals surface area (Å²) < 4.78 is 12.4. The minimum Gasteiger partial charge on any atom is -0.493 e. The third-order valence-corrected chi connectivity index (χ3v) is 5.98. The van der Waals surface area contributed by atoms with Crippen LogP contribution in [0.15, 0.2) is 77.2 Å². The molecule has 0 fully saturated rings. The highest BCUT2D eigenvalue weighted by Crippen LogP contribution is 2.29. The molecule has 9 nitrogen and oxygen atoms in total. The molecule has 0 bridgehead atoms. The second kappa shape index (κ2) is 11.5. The highest BCUT2D eigenvalue weighted by Gasteiger charge is 2.17. The Hall–Kier alpha value is -3.89. The number of aromatic nitrogens is 4. The van der Waals surface area contributed by atoms with Gasteiger partial charge in [-0.2, -0.15) is 5.10 Å². The van der Waals surface area contributed by atoms with E-state index in [4.69, 9.17) is 21.1 Å². The molecule has 11 heteroatoms. The maximum atomic E-state index is 12.4. The molecular weight excluding hydrogens is 488 g/mol. The monoisotopic (exact) mass is 508 g/mol. The summed E-state index contributed by atoms with van der Waals surface area (Å²) in [5, 5.41) is 13.8. The van der Waals surface area contributed by atoms with Gasteiger partial charge in [0, 0.05) is 28.7 Å². The number of halogens is 1. The fraction of sp³-hybridized carbons (Fsp3) is 0.125. The van der Waals surface area contributed by atoms with E-state index in [1.165, 1.54) is 18.0 Å². The number of carbonyl (C=O) groups is 1. The summed E-state index contributed by atoms with van der Waals surface area (Å²) in [5.41, 5.74) is 4.94. The smallest absolute Gasteiger partial charge is 0.250 e. The number of carbonyl (C=O) groups excluding carboxylic acids is 1. The van der Waals surface area contributed by atoms with Gasteiger partial charge < -0.3 is 9.47 Å². The first-order chi connectivity index (χ1) is 17.1. The van der Waals surface area contributed by atoms with Gasteiger partial charge in [-0.3, -0.25) is 14.3 Å². The Morgan fingerprint density at radius 1 is 1.06 bits per heavy atom. The molecule has 0 aliphatic rings. The molecule has 0 atom stereocenters. The number of pyridine rings is 1. The highest BCUT2D eigenvalue weighted by molar-refractivity contribution is 7.99. The zero-order valence-corrected chi connectivity index (χ0v) is 20.5. The molecule has 0 radical (unpaired) electrons. The maximum absolute atomic E-state index is 12.4. The molecule has 0 aliphatic carbocycles. The average molecular weight is 509 g/mol. The number of thioether (sulfide) groups is 1. The quantitative estimate of drug-likeness (QED) is 0.205. The van der Waals surface area contributed by atoms with Crippen molar-refractivity contribution < 1.29 is 14.3 Å². The first-order valence-electron chi connectivity index (χ1n) is 10.4. The van der Waals surface area contributed by atoms with Crippen LogP contribution < -0.4 is 14.9 Å². The van der Waals surface area contributed by atoms with Crippen LogP contribution >= 0.6 is 23.4 Å². The number of rotatable bonds is 9. The first-order valence-corrected chi connectivity index (χ1v) is 11.7. The predicted octanol–water partition coefficient (Wildman–Crippen LogP) is 4.24. The summed E-state index contributed by atoms with van der Waals surface area (Å²) in [7, 11) is 3.12. The third-order valence-electron chi connectivity index (χ3n) is 4.80. The number of hydrogen-bond acceptors (Lipinski definition) is 8. The van der Waals surface area contributed by atoms with Crippen LogP contribution in [0, 0.1) is 0 Å². The number of methoxy groups -OCH3 is 2. The summed E-state index contributed by atoms with van der Waals surface area (Å²) in [4.78, 5) is 16.5. The highest BCUT2D eigenvalue weighted by atomic mass is 35.5. The van der Waals surface area contributed by atoms with Gasteiger partial charge in [0.15, 0.2) is 22.5 Å². The van der Waals surface area contributed by atoms with Crippen molar-refractivity contribution in [3.63, 3.8) is 0 Å². The molecule has 0 saturated carbocycles. The van der Waals surface area contributed by atoms with E-state index < -0.39 is 0 Å². The van der Waals surface area contributed by atoms with E-state index in [0.717, 1.165) is 16.8 Å². The van der Waals surface area contributed by atoms with E-state index >= 15 is 0 Å². The normalized spacial score (nSPS) is 10.9. The molecule has 4 rings (SSSR count). The van der Waals surface area contributed by atoms with Crippen LogP contribution in [0.5, 0.6) is 11.5 Å². The lowest BCUT2D eigenvalue weighted by Crippen LogP contribution is -2.20. The SMILES string of the molecule is COc1ccc(/C=N/NC(=O)CSc2nnc(-c3ccncc3)n2-c2ccc(Cl)cc2)cc1OC. The van der Waals surface area contributed by atoms with Crippen LogP contribution in [0.2, 0.25) is 5.02 Å². The Balaban J connectivity index is 1.46. The fourth-order valence-electron chi connectivity index (χ4n) is 3.15. The number of amides is 1. The van der Waals surface area contributed by atoms with Crippen molar-refractivity contribution in [1.82, 2.24) is 25.2 Å². The molecule has 35 heavy (non-hydrogen) atoms. The molecule has 2 heterocycles. The van der Waals surface area contributed by atoms with Gasteiger partial charge in [-0.25, -0.2) is 5.43 Å². The topological polar surface area (TPSA) is 104 Å². The van der Waals surface area contributed by atoms with Crippen LogP contribution in [0.4, 0.5) is 0 Å². The van der Waals surface area contributed by atoms with Gasteiger partial charge in [-0.05, 0) is 60.2 Å². The van der Waals surface area contributed by atoms with Gasteiger partial charge in [0.25, 0.3) is 5.91 Å². The van der Waals surface area contributed by atoms with Gasteiger partial charge in [0.2, 0.25) is 0 Å². The molecule has 2 aromatic heterocycles. The van der Waals surface area contributed by atoms with Gasteiger partial charge in [0.05, 0.1) is 26.2 Å². The van der Waals surface area contributed by atoms with Gasteiger partial charge in [-0.1, -0.05) is 23.4 Å². The van der Waals surface area contributed by atoms with Crippen LogP contribution in [0.1, 0.15) is 5.56 Å². The number of benzene rings is 2. The summed E-state index contributed by atoms with van der Waals surface area (Å²) in [6.45, 7) is 0. The molecule has 178 valence electrons. The molecule has 2 aromatic carbocycles. The first kappa shape index (κ1) is 24.2. The van der Waals surface area contributed by atoms with E-state index in [1.54, 1.807) is 56.9 Å². The van der Waals surface area contributed by atoms with Crippen molar-refractivity contribution in [2.45, 2.75) is 5.16 Å². The fourth-order valence-corrected chi connectivity index (χ4v) is 4.02. The van der Waals surface area contributed by atoms with Gasteiger partial charge in [-0.15, -0.1) is 10.2 Å². The Morgan fingerprint density at radius 2 is 1.80 bits per heavy atom. The molecular formula is C24H21ClN6O3S. The van der Waals surface area contributed by atoms with Gasteiger partial charge >= 0.3 is 0 Å². The molecule has 1 N–H and O–H groups in total. The van der Waals surface area contributed by atoms with Crippen LogP contribution in [0.25, 0.3) is 17.1 Å². The minimum absolute atomic E-state index is 0.0886. The third kappa shape index (κ3) is 5.97. The molecule has 0 spiro atoms. The molecule has 0 aliphatic heterocycles. The summed E-state index contributed by atoms with van der Waals surface area (Å²) in [6.07, 6.45) is 4.90. The van der Waals surface area contributed by atoms with Crippen molar-refractivity contribution >= 4 is 35.5 Å². The molecule has 0 unspecified atom stereocenters. The van der Waals surface area contributed by atoms with E-state index in [9.17, 15) is 4.79 Å².